The highest BCUT2D eigenvalue weighted by atomic mass is 32.2. The van der Waals surface area contributed by atoms with Crippen LogP contribution in [0.3, 0.4) is 0 Å². The monoisotopic (exact) mass is 391 g/mol. The smallest absolute Gasteiger partial charge is 0.228 e. The summed E-state index contributed by atoms with van der Waals surface area (Å²) in [4.78, 5) is 26.6. The van der Waals surface area contributed by atoms with Crippen molar-refractivity contribution in [1.29, 1.82) is 0 Å². The molecule has 7 nitrogen and oxygen atoms in total. The van der Waals surface area contributed by atoms with Gasteiger partial charge in [-0.25, -0.2) is 9.97 Å². The third-order valence-corrected chi connectivity index (χ3v) is 6.16. The van der Waals surface area contributed by atoms with Crippen molar-refractivity contribution in [2.45, 2.75) is 39.3 Å². The van der Waals surface area contributed by atoms with E-state index in [1.807, 2.05) is 20.0 Å². The normalized spacial score (nSPS) is 20.6. The Morgan fingerprint density at radius 2 is 2.19 bits per heavy atom. The molecule has 3 rings (SSSR count). The first-order valence-corrected chi connectivity index (χ1v) is 11.0. The number of carbonyl (C=O) groups is 1. The molecule has 0 saturated carbocycles. The van der Waals surface area contributed by atoms with Crippen LogP contribution in [0.15, 0.2) is 12.5 Å². The van der Waals surface area contributed by atoms with Crippen LogP contribution in [0.5, 0.6) is 0 Å². The Bertz CT molecular complexity index is 777. The maximum atomic E-state index is 12.4. The second-order valence-corrected chi connectivity index (χ2v) is 8.15. The van der Waals surface area contributed by atoms with Crippen LogP contribution < -0.4 is 5.32 Å². The molecule has 0 aliphatic carbocycles. The minimum Gasteiger partial charge on any atom is -0.391 e. The number of fused-ring (bicyclic) bond motifs is 1. The number of anilines is 1. The fraction of sp³-hybridized carbons (Fsp3) is 0.632. The molecule has 2 aromatic heterocycles. The lowest BCUT2D eigenvalue weighted by molar-refractivity contribution is -0.120. The van der Waals surface area contributed by atoms with Gasteiger partial charge in [0, 0.05) is 43.2 Å². The SMILES string of the molecule is CCC(CC)C(=O)Nc1ncnc2c(CN3C[C@H](CSC)[C@@H](O)C3)c[nH]c12. The Labute approximate surface area is 164 Å². The number of hydrogen-bond donors (Lipinski definition) is 3. The first kappa shape index (κ1) is 20.1. The van der Waals surface area contributed by atoms with Gasteiger partial charge < -0.3 is 15.4 Å². The summed E-state index contributed by atoms with van der Waals surface area (Å²) in [5, 5.41) is 13.2. The first-order valence-electron chi connectivity index (χ1n) is 9.58. The minimum atomic E-state index is -0.271. The van der Waals surface area contributed by atoms with Gasteiger partial charge in [0.2, 0.25) is 5.91 Å². The summed E-state index contributed by atoms with van der Waals surface area (Å²) in [5.74, 6) is 1.81. The van der Waals surface area contributed by atoms with Crippen LogP contribution >= 0.6 is 11.8 Å². The minimum absolute atomic E-state index is 0.00118. The summed E-state index contributed by atoms with van der Waals surface area (Å²) in [5.41, 5.74) is 2.64. The van der Waals surface area contributed by atoms with E-state index < -0.39 is 0 Å². The van der Waals surface area contributed by atoms with Crippen molar-refractivity contribution in [3.8, 4) is 0 Å². The molecule has 1 aliphatic heterocycles. The molecule has 2 atom stereocenters. The van der Waals surface area contributed by atoms with Crippen LogP contribution in [0, 0.1) is 11.8 Å². The van der Waals surface area contributed by atoms with Gasteiger partial charge in [-0.2, -0.15) is 11.8 Å². The highest BCUT2D eigenvalue weighted by molar-refractivity contribution is 7.98. The number of aliphatic hydroxyl groups excluding tert-OH is 1. The van der Waals surface area contributed by atoms with Gasteiger partial charge in [-0.15, -0.1) is 0 Å². The third kappa shape index (κ3) is 4.44. The summed E-state index contributed by atoms with van der Waals surface area (Å²) in [6, 6.07) is 0. The highest BCUT2D eigenvalue weighted by Crippen LogP contribution is 2.26. The van der Waals surface area contributed by atoms with Crippen molar-refractivity contribution in [3.05, 3.63) is 18.1 Å². The number of H-pyrrole nitrogens is 1. The number of thioether (sulfide) groups is 1. The number of nitrogens with one attached hydrogen (secondary N) is 2. The van der Waals surface area contributed by atoms with Gasteiger partial charge in [0.1, 0.15) is 11.8 Å². The van der Waals surface area contributed by atoms with Gasteiger partial charge in [-0.1, -0.05) is 13.8 Å². The van der Waals surface area contributed by atoms with Gasteiger partial charge in [0.05, 0.1) is 11.6 Å². The standard InChI is InChI=1S/C19H29N5O2S/c1-4-12(5-2)19(26)23-18-17-16(21-11-22-18)13(6-20-17)7-24-8-14(10-27-3)15(25)9-24/h6,11-12,14-15,20,25H,4-5,7-10H2,1-3H3,(H,21,22,23,26)/t14-,15+/m1/s1. The van der Waals surface area contributed by atoms with Crippen molar-refractivity contribution >= 4 is 34.5 Å². The Morgan fingerprint density at radius 3 is 2.89 bits per heavy atom. The van der Waals surface area contributed by atoms with Crippen LogP contribution in [0.4, 0.5) is 5.82 Å². The summed E-state index contributed by atoms with van der Waals surface area (Å²) in [6.07, 6.45) is 6.84. The number of likely N-dealkylation sites (tertiary alicyclic amines) is 1. The largest absolute Gasteiger partial charge is 0.391 e. The number of rotatable bonds is 8. The summed E-state index contributed by atoms with van der Waals surface area (Å²) >= 11 is 1.78. The molecule has 1 fully saturated rings. The number of aromatic amines is 1. The van der Waals surface area contributed by atoms with E-state index in [-0.39, 0.29) is 17.9 Å². The fourth-order valence-electron chi connectivity index (χ4n) is 3.78. The van der Waals surface area contributed by atoms with Gasteiger partial charge in [-0.3, -0.25) is 9.69 Å². The average Bonchev–Trinajstić information content (AvgIpc) is 3.21. The molecule has 3 N–H and O–H groups in total. The van der Waals surface area contributed by atoms with Gasteiger partial charge in [-0.05, 0) is 24.9 Å². The highest BCUT2D eigenvalue weighted by Gasteiger charge is 2.31. The van der Waals surface area contributed by atoms with Crippen LogP contribution in [-0.4, -0.2) is 62.1 Å². The van der Waals surface area contributed by atoms with Gasteiger partial charge in [0.15, 0.2) is 5.82 Å². The van der Waals surface area contributed by atoms with E-state index in [9.17, 15) is 9.90 Å². The molecule has 0 radical (unpaired) electrons. The number of aliphatic hydroxyl groups is 1. The molecule has 0 spiro atoms. The second-order valence-electron chi connectivity index (χ2n) is 7.24. The van der Waals surface area contributed by atoms with Crippen molar-refractivity contribution < 1.29 is 9.90 Å². The predicted molar refractivity (Wildman–Crippen MR) is 110 cm³/mol. The number of β-amino-alcohol motifs (C(OH)–C–C–N with tert-alkyl or cyclic N) is 1. The molecule has 8 heteroatoms. The Hall–Kier alpha value is -1.64. The lowest BCUT2D eigenvalue weighted by atomic mass is 10.0. The number of nitrogens with zero attached hydrogens (tertiary/aromatic N) is 3. The van der Waals surface area contributed by atoms with E-state index in [0.717, 1.165) is 48.3 Å². The van der Waals surface area contributed by atoms with E-state index in [1.54, 1.807) is 11.8 Å². The fourth-order valence-corrected chi connectivity index (χ4v) is 4.53. The zero-order valence-electron chi connectivity index (χ0n) is 16.2. The molecule has 3 heterocycles. The molecular weight excluding hydrogens is 362 g/mol. The van der Waals surface area contributed by atoms with Crippen LogP contribution in [0.2, 0.25) is 0 Å². The van der Waals surface area contributed by atoms with Crippen LogP contribution in [0.1, 0.15) is 32.3 Å². The molecule has 1 aliphatic rings. The van der Waals surface area contributed by atoms with E-state index in [0.29, 0.717) is 18.3 Å². The van der Waals surface area contributed by atoms with Crippen molar-refractivity contribution in [3.63, 3.8) is 0 Å². The molecule has 0 bridgehead atoms. The number of carbonyl (C=O) groups excluding carboxylic acids is 1. The molecular formula is C19H29N5O2S. The molecule has 0 aromatic carbocycles. The third-order valence-electron chi connectivity index (χ3n) is 5.40. The lowest BCUT2D eigenvalue weighted by Gasteiger charge is -2.15. The Morgan fingerprint density at radius 1 is 1.41 bits per heavy atom. The molecule has 1 amide bonds. The maximum absolute atomic E-state index is 12.4. The topological polar surface area (TPSA) is 94.1 Å². The van der Waals surface area contributed by atoms with E-state index >= 15 is 0 Å². The zero-order chi connectivity index (χ0) is 19.4. The van der Waals surface area contributed by atoms with Crippen LogP contribution in [-0.2, 0) is 11.3 Å². The Balaban J connectivity index is 1.75. The maximum Gasteiger partial charge on any atom is 0.228 e. The van der Waals surface area contributed by atoms with E-state index in [1.165, 1.54) is 6.33 Å². The van der Waals surface area contributed by atoms with E-state index in [2.05, 4.69) is 31.4 Å². The summed E-state index contributed by atoms with van der Waals surface area (Å²) in [7, 11) is 0. The Kier molecular flexibility index (Phi) is 6.73. The zero-order valence-corrected chi connectivity index (χ0v) is 17.1. The molecule has 2 aromatic rings. The molecule has 1 saturated heterocycles. The van der Waals surface area contributed by atoms with Gasteiger partial charge in [0.25, 0.3) is 0 Å². The molecule has 27 heavy (non-hydrogen) atoms. The van der Waals surface area contributed by atoms with Gasteiger partial charge >= 0.3 is 0 Å². The number of hydrogen-bond acceptors (Lipinski definition) is 6. The number of amides is 1. The first-order chi connectivity index (χ1) is 13.1. The quantitative estimate of drug-likeness (QED) is 0.640. The van der Waals surface area contributed by atoms with Crippen molar-refractivity contribution in [2.24, 2.45) is 11.8 Å². The molecule has 148 valence electrons. The van der Waals surface area contributed by atoms with E-state index in [4.69, 9.17) is 0 Å². The average molecular weight is 392 g/mol. The van der Waals surface area contributed by atoms with Crippen molar-refractivity contribution in [1.82, 2.24) is 19.9 Å². The molecule has 0 unspecified atom stereocenters. The summed E-state index contributed by atoms with van der Waals surface area (Å²) < 4.78 is 0. The number of aromatic nitrogens is 3. The summed E-state index contributed by atoms with van der Waals surface area (Å²) in [6.45, 7) is 6.33. The predicted octanol–water partition coefficient (Wildman–Crippen LogP) is 2.49. The van der Waals surface area contributed by atoms with Crippen LogP contribution in [0.25, 0.3) is 11.0 Å². The lowest BCUT2D eigenvalue weighted by Crippen LogP contribution is -2.22. The van der Waals surface area contributed by atoms with Crippen molar-refractivity contribution in [2.75, 3.05) is 30.4 Å². The second kappa shape index (κ2) is 9.03.